The monoisotopic (exact) mass is 388 g/mol. The lowest BCUT2D eigenvalue weighted by Gasteiger charge is -2.16. The summed E-state index contributed by atoms with van der Waals surface area (Å²) in [5.41, 5.74) is 7.09. The Kier molecular flexibility index (Phi) is 5.75. The SMILES string of the molecule is Cc1cccc(Cn2c(C)c(C)c3cc(C(=O)NC4CCCCCC4)ccc32)c1. The smallest absolute Gasteiger partial charge is 0.251 e. The van der Waals surface area contributed by atoms with Crippen LogP contribution in [0.15, 0.2) is 42.5 Å². The Morgan fingerprint density at radius 1 is 1.00 bits per heavy atom. The number of nitrogens with zero attached hydrogens (tertiary/aromatic N) is 1. The molecule has 0 aliphatic heterocycles. The second-order valence-electron chi connectivity index (χ2n) is 8.68. The number of benzene rings is 2. The molecular weight excluding hydrogens is 356 g/mol. The summed E-state index contributed by atoms with van der Waals surface area (Å²) < 4.78 is 2.37. The fourth-order valence-electron chi connectivity index (χ4n) is 4.68. The standard InChI is InChI=1S/C26H32N2O/c1-18-9-8-10-21(15-18)17-28-20(3)19(2)24-16-22(13-14-25(24)28)26(29)27-23-11-6-4-5-7-12-23/h8-10,13-16,23H,4-7,11-12,17H2,1-3H3,(H,27,29). The lowest BCUT2D eigenvalue weighted by Crippen LogP contribution is -2.34. The van der Waals surface area contributed by atoms with Gasteiger partial charge >= 0.3 is 0 Å². The van der Waals surface area contributed by atoms with Crippen molar-refractivity contribution in [1.29, 1.82) is 0 Å². The van der Waals surface area contributed by atoms with Crippen LogP contribution in [-0.2, 0) is 6.54 Å². The minimum atomic E-state index is 0.0716. The third-order valence-electron chi connectivity index (χ3n) is 6.51. The molecule has 1 heterocycles. The zero-order valence-corrected chi connectivity index (χ0v) is 17.9. The largest absolute Gasteiger partial charge is 0.349 e. The van der Waals surface area contributed by atoms with Gasteiger partial charge in [-0.2, -0.15) is 0 Å². The zero-order valence-electron chi connectivity index (χ0n) is 17.9. The molecule has 3 heteroatoms. The molecular formula is C26H32N2O. The molecule has 0 spiro atoms. The predicted octanol–water partition coefficient (Wildman–Crippen LogP) is 6.07. The molecule has 1 aromatic heterocycles. The number of carbonyl (C=O) groups is 1. The van der Waals surface area contributed by atoms with E-state index >= 15 is 0 Å². The Morgan fingerprint density at radius 2 is 1.76 bits per heavy atom. The van der Waals surface area contributed by atoms with Crippen LogP contribution in [0.25, 0.3) is 10.9 Å². The van der Waals surface area contributed by atoms with Gasteiger partial charge in [-0.25, -0.2) is 0 Å². The summed E-state index contributed by atoms with van der Waals surface area (Å²) in [7, 11) is 0. The van der Waals surface area contributed by atoms with Crippen molar-refractivity contribution in [3.63, 3.8) is 0 Å². The highest BCUT2D eigenvalue weighted by Crippen LogP contribution is 2.28. The van der Waals surface area contributed by atoms with Crippen molar-refractivity contribution < 1.29 is 4.79 Å². The average Bonchev–Trinajstić information content (AvgIpc) is 2.89. The number of rotatable bonds is 4. The first-order chi connectivity index (χ1) is 14.0. The van der Waals surface area contributed by atoms with Crippen molar-refractivity contribution in [3.05, 3.63) is 70.4 Å². The summed E-state index contributed by atoms with van der Waals surface area (Å²) in [5.74, 6) is 0.0716. The number of amides is 1. The van der Waals surface area contributed by atoms with E-state index in [9.17, 15) is 4.79 Å². The second kappa shape index (κ2) is 8.44. The molecule has 0 radical (unpaired) electrons. The maximum absolute atomic E-state index is 12.9. The van der Waals surface area contributed by atoms with E-state index in [1.807, 2.05) is 6.07 Å². The van der Waals surface area contributed by atoms with Crippen LogP contribution < -0.4 is 5.32 Å². The van der Waals surface area contributed by atoms with Crippen LogP contribution in [0.3, 0.4) is 0 Å². The Hall–Kier alpha value is -2.55. The first kappa shape index (κ1) is 19.8. The summed E-state index contributed by atoms with van der Waals surface area (Å²) in [6.45, 7) is 7.33. The summed E-state index contributed by atoms with van der Waals surface area (Å²) in [4.78, 5) is 12.9. The van der Waals surface area contributed by atoms with E-state index in [2.05, 4.69) is 67.1 Å². The summed E-state index contributed by atoms with van der Waals surface area (Å²) >= 11 is 0. The van der Waals surface area contributed by atoms with Gasteiger partial charge in [0.15, 0.2) is 0 Å². The summed E-state index contributed by atoms with van der Waals surface area (Å²) in [5, 5.41) is 4.47. The lowest BCUT2D eigenvalue weighted by atomic mass is 10.1. The van der Waals surface area contributed by atoms with E-state index in [4.69, 9.17) is 0 Å². The fourth-order valence-corrected chi connectivity index (χ4v) is 4.68. The Balaban J connectivity index is 1.61. The van der Waals surface area contributed by atoms with E-state index in [0.717, 1.165) is 24.9 Å². The van der Waals surface area contributed by atoms with Gasteiger partial charge in [0.25, 0.3) is 5.91 Å². The summed E-state index contributed by atoms with van der Waals surface area (Å²) in [6, 6.07) is 15.2. The highest BCUT2D eigenvalue weighted by atomic mass is 16.1. The molecule has 1 aliphatic carbocycles. The van der Waals surface area contributed by atoms with Gasteiger partial charge in [0.05, 0.1) is 0 Å². The van der Waals surface area contributed by atoms with Crippen molar-refractivity contribution in [2.45, 2.75) is 71.9 Å². The molecule has 3 aromatic rings. The molecule has 0 atom stereocenters. The molecule has 1 aliphatic rings. The molecule has 4 rings (SSSR count). The Bertz CT molecular complexity index is 1020. The average molecular weight is 389 g/mol. The van der Waals surface area contributed by atoms with Crippen LogP contribution in [0.1, 0.15) is 71.3 Å². The number of hydrogen-bond acceptors (Lipinski definition) is 1. The molecule has 1 saturated carbocycles. The third-order valence-corrected chi connectivity index (χ3v) is 6.51. The number of fused-ring (bicyclic) bond motifs is 1. The van der Waals surface area contributed by atoms with Crippen molar-refractivity contribution >= 4 is 16.8 Å². The van der Waals surface area contributed by atoms with Gasteiger partial charge in [-0.05, 0) is 62.9 Å². The lowest BCUT2D eigenvalue weighted by molar-refractivity contribution is 0.0933. The molecule has 0 saturated heterocycles. The van der Waals surface area contributed by atoms with Gasteiger partial charge in [-0.3, -0.25) is 4.79 Å². The quantitative estimate of drug-likeness (QED) is 0.541. The molecule has 152 valence electrons. The molecule has 29 heavy (non-hydrogen) atoms. The summed E-state index contributed by atoms with van der Waals surface area (Å²) in [6.07, 6.45) is 7.27. The van der Waals surface area contributed by atoms with Crippen molar-refractivity contribution in [2.24, 2.45) is 0 Å². The number of hydrogen-bond donors (Lipinski definition) is 1. The molecule has 1 fully saturated rings. The zero-order chi connectivity index (χ0) is 20.4. The number of carbonyl (C=O) groups excluding carboxylic acids is 1. The normalized spacial score (nSPS) is 15.4. The van der Waals surface area contributed by atoms with Gasteiger partial charge in [-0.1, -0.05) is 55.5 Å². The van der Waals surface area contributed by atoms with Crippen LogP contribution in [-0.4, -0.2) is 16.5 Å². The maximum Gasteiger partial charge on any atom is 0.251 e. The molecule has 0 unspecified atom stereocenters. The van der Waals surface area contributed by atoms with E-state index in [0.29, 0.717) is 6.04 Å². The van der Waals surface area contributed by atoms with E-state index in [1.165, 1.54) is 59.0 Å². The number of aromatic nitrogens is 1. The highest BCUT2D eigenvalue weighted by molar-refractivity contribution is 5.99. The molecule has 1 N–H and O–H groups in total. The Labute approximate surface area is 174 Å². The van der Waals surface area contributed by atoms with E-state index in [1.54, 1.807) is 0 Å². The topological polar surface area (TPSA) is 34.0 Å². The fraction of sp³-hybridized carbons (Fsp3) is 0.423. The van der Waals surface area contributed by atoms with E-state index in [-0.39, 0.29) is 5.91 Å². The molecule has 0 bridgehead atoms. The first-order valence-corrected chi connectivity index (χ1v) is 11.0. The van der Waals surface area contributed by atoms with Crippen LogP contribution >= 0.6 is 0 Å². The third kappa shape index (κ3) is 4.24. The maximum atomic E-state index is 12.9. The van der Waals surface area contributed by atoms with Crippen LogP contribution in [0.5, 0.6) is 0 Å². The van der Waals surface area contributed by atoms with Gasteiger partial charge in [-0.15, -0.1) is 0 Å². The van der Waals surface area contributed by atoms with Crippen molar-refractivity contribution in [2.75, 3.05) is 0 Å². The first-order valence-electron chi connectivity index (χ1n) is 11.0. The van der Waals surface area contributed by atoms with Crippen molar-refractivity contribution in [3.8, 4) is 0 Å². The van der Waals surface area contributed by atoms with Crippen molar-refractivity contribution in [1.82, 2.24) is 9.88 Å². The minimum Gasteiger partial charge on any atom is -0.349 e. The van der Waals surface area contributed by atoms with Gasteiger partial charge < -0.3 is 9.88 Å². The van der Waals surface area contributed by atoms with E-state index < -0.39 is 0 Å². The number of aryl methyl sites for hydroxylation is 2. The second-order valence-corrected chi connectivity index (χ2v) is 8.68. The minimum absolute atomic E-state index is 0.0716. The van der Waals surface area contributed by atoms with Crippen LogP contribution in [0.4, 0.5) is 0 Å². The molecule has 1 amide bonds. The number of nitrogens with one attached hydrogen (secondary N) is 1. The Morgan fingerprint density at radius 3 is 2.48 bits per heavy atom. The van der Waals surface area contributed by atoms with Crippen LogP contribution in [0, 0.1) is 20.8 Å². The van der Waals surface area contributed by atoms with Crippen LogP contribution in [0.2, 0.25) is 0 Å². The van der Waals surface area contributed by atoms with Gasteiger partial charge in [0.2, 0.25) is 0 Å². The highest BCUT2D eigenvalue weighted by Gasteiger charge is 2.18. The van der Waals surface area contributed by atoms with Gasteiger partial charge in [0.1, 0.15) is 0 Å². The predicted molar refractivity (Wildman–Crippen MR) is 121 cm³/mol. The molecule has 3 nitrogen and oxygen atoms in total. The van der Waals surface area contributed by atoms with Gasteiger partial charge in [0, 0.05) is 34.7 Å². The molecule has 2 aromatic carbocycles.